The van der Waals surface area contributed by atoms with Gasteiger partial charge in [-0.3, -0.25) is 4.79 Å². The summed E-state index contributed by atoms with van der Waals surface area (Å²) in [4.78, 5) is 11.3. The third kappa shape index (κ3) is 2.78. The summed E-state index contributed by atoms with van der Waals surface area (Å²) >= 11 is 11.3. The predicted molar refractivity (Wildman–Crippen MR) is 62.3 cm³/mol. The molecule has 0 saturated heterocycles. The first kappa shape index (κ1) is 14.0. The lowest BCUT2D eigenvalue weighted by Crippen LogP contribution is -2.14. The molecule has 0 aliphatic heterocycles. The number of ketones is 1. The molecule has 0 atom stereocenters. The highest BCUT2D eigenvalue weighted by atomic mass is 79.9. The molecule has 0 N–H and O–H groups in total. The van der Waals surface area contributed by atoms with E-state index in [1.165, 1.54) is 6.07 Å². The van der Waals surface area contributed by atoms with Gasteiger partial charge in [-0.1, -0.05) is 27.5 Å². The first-order valence-corrected chi connectivity index (χ1v) is 6.22. The molecule has 0 aliphatic rings. The van der Waals surface area contributed by atoms with Crippen molar-refractivity contribution in [1.29, 1.82) is 0 Å². The standard InChI is InChI=1S/C9H4Br2ClF3O/c10-3-6(16)4-1-2-5(11)8(12)7(4)9(13,14)15/h1-2H,3H2. The van der Waals surface area contributed by atoms with E-state index in [0.717, 1.165) is 6.07 Å². The average molecular weight is 380 g/mol. The average Bonchev–Trinajstić information content (AvgIpc) is 2.18. The summed E-state index contributed by atoms with van der Waals surface area (Å²) in [6.45, 7) is 0. The summed E-state index contributed by atoms with van der Waals surface area (Å²) in [7, 11) is 0. The Morgan fingerprint density at radius 2 is 1.94 bits per heavy atom. The summed E-state index contributed by atoms with van der Waals surface area (Å²) in [5, 5.41) is -0.687. The van der Waals surface area contributed by atoms with Crippen LogP contribution in [-0.4, -0.2) is 11.1 Å². The van der Waals surface area contributed by atoms with E-state index in [4.69, 9.17) is 11.6 Å². The summed E-state index contributed by atoms with van der Waals surface area (Å²) in [5.74, 6) is -0.665. The van der Waals surface area contributed by atoms with E-state index < -0.39 is 28.1 Å². The minimum absolute atomic E-state index is 0.104. The van der Waals surface area contributed by atoms with Gasteiger partial charge < -0.3 is 0 Å². The van der Waals surface area contributed by atoms with Crippen LogP contribution in [0.15, 0.2) is 16.6 Å². The van der Waals surface area contributed by atoms with Gasteiger partial charge in [-0.15, -0.1) is 0 Å². The second-order valence-electron chi connectivity index (χ2n) is 2.84. The quantitative estimate of drug-likeness (QED) is 0.537. The number of benzene rings is 1. The Kier molecular flexibility index (Phi) is 4.42. The van der Waals surface area contributed by atoms with Crippen molar-refractivity contribution < 1.29 is 18.0 Å². The van der Waals surface area contributed by atoms with E-state index in [0.29, 0.717) is 0 Å². The van der Waals surface area contributed by atoms with Gasteiger partial charge in [0.2, 0.25) is 0 Å². The Balaban J connectivity index is 3.52. The number of hydrogen-bond acceptors (Lipinski definition) is 1. The predicted octanol–water partition coefficient (Wildman–Crippen LogP) is 4.70. The van der Waals surface area contributed by atoms with Crippen molar-refractivity contribution in [2.45, 2.75) is 6.18 Å². The number of hydrogen-bond donors (Lipinski definition) is 0. The van der Waals surface area contributed by atoms with Crippen LogP contribution in [0.4, 0.5) is 13.2 Å². The first-order valence-electron chi connectivity index (χ1n) is 3.93. The summed E-state index contributed by atoms with van der Waals surface area (Å²) < 4.78 is 38.2. The van der Waals surface area contributed by atoms with Crippen LogP contribution in [0.2, 0.25) is 5.02 Å². The number of rotatable bonds is 2. The van der Waals surface area contributed by atoms with Crippen molar-refractivity contribution >= 4 is 49.2 Å². The van der Waals surface area contributed by atoms with Gasteiger partial charge in [0, 0.05) is 10.0 Å². The molecule has 1 aromatic rings. The number of carbonyl (C=O) groups is 1. The molecule has 1 aromatic carbocycles. The number of alkyl halides is 4. The maximum atomic E-state index is 12.7. The fourth-order valence-corrected chi connectivity index (χ4v) is 2.04. The maximum Gasteiger partial charge on any atom is 0.418 e. The second kappa shape index (κ2) is 5.06. The van der Waals surface area contributed by atoms with Gasteiger partial charge in [-0.2, -0.15) is 13.2 Å². The summed E-state index contributed by atoms with van der Waals surface area (Å²) in [6.07, 6.45) is -4.66. The highest BCUT2D eigenvalue weighted by Crippen LogP contribution is 2.40. The van der Waals surface area contributed by atoms with E-state index >= 15 is 0 Å². The molecule has 16 heavy (non-hydrogen) atoms. The zero-order valence-corrected chi connectivity index (χ0v) is 11.5. The molecule has 0 fully saturated rings. The molecule has 0 aromatic heterocycles. The van der Waals surface area contributed by atoms with Crippen molar-refractivity contribution in [3.05, 3.63) is 32.8 Å². The number of carbonyl (C=O) groups excluding carboxylic acids is 1. The molecule has 0 heterocycles. The van der Waals surface area contributed by atoms with Gasteiger partial charge in [-0.25, -0.2) is 0 Å². The summed E-state index contributed by atoms with van der Waals surface area (Å²) in [5.41, 5.74) is -1.54. The molecule has 0 aliphatic carbocycles. The van der Waals surface area contributed by atoms with Crippen molar-refractivity contribution in [2.75, 3.05) is 5.33 Å². The van der Waals surface area contributed by atoms with Gasteiger partial charge in [-0.05, 0) is 28.1 Å². The van der Waals surface area contributed by atoms with Crippen molar-refractivity contribution in [2.24, 2.45) is 0 Å². The SMILES string of the molecule is O=C(CBr)c1ccc(Br)c(Cl)c1C(F)(F)F. The fraction of sp³-hybridized carbons (Fsp3) is 0.222. The molecule has 88 valence electrons. The zero-order valence-electron chi connectivity index (χ0n) is 7.54. The lowest BCUT2D eigenvalue weighted by molar-refractivity contribution is -0.137. The lowest BCUT2D eigenvalue weighted by Gasteiger charge is -2.14. The van der Waals surface area contributed by atoms with Gasteiger partial charge in [0.1, 0.15) is 0 Å². The Morgan fingerprint density at radius 3 is 2.38 bits per heavy atom. The van der Waals surface area contributed by atoms with Crippen LogP contribution in [0, 0.1) is 0 Å². The van der Waals surface area contributed by atoms with E-state index in [2.05, 4.69) is 31.9 Å². The normalized spacial score (nSPS) is 11.6. The van der Waals surface area contributed by atoms with Gasteiger partial charge >= 0.3 is 6.18 Å². The van der Waals surface area contributed by atoms with Crippen LogP contribution in [0.1, 0.15) is 15.9 Å². The molecule has 0 amide bonds. The minimum Gasteiger partial charge on any atom is -0.293 e. The van der Waals surface area contributed by atoms with E-state index in [1.54, 1.807) is 0 Å². The largest absolute Gasteiger partial charge is 0.418 e. The van der Waals surface area contributed by atoms with Crippen LogP contribution < -0.4 is 0 Å². The topological polar surface area (TPSA) is 17.1 Å². The molecule has 0 bridgehead atoms. The molecule has 7 heteroatoms. The molecule has 0 radical (unpaired) electrons. The molecule has 0 spiro atoms. The molecular weight excluding hydrogens is 376 g/mol. The van der Waals surface area contributed by atoms with Gasteiger partial charge in [0.25, 0.3) is 0 Å². The van der Waals surface area contributed by atoms with E-state index in [1.807, 2.05) is 0 Å². The zero-order chi connectivity index (χ0) is 12.5. The van der Waals surface area contributed by atoms with Gasteiger partial charge in [0.05, 0.1) is 15.9 Å². The van der Waals surface area contributed by atoms with Crippen molar-refractivity contribution in [3.8, 4) is 0 Å². The van der Waals surface area contributed by atoms with Crippen LogP contribution in [0.25, 0.3) is 0 Å². The van der Waals surface area contributed by atoms with Crippen LogP contribution >= 0.6 is 43.5 Å². The fourth-order valence-electron chi connectivity index (χ4n) is 1.13. The number of halogens is 6. The highest BCUT2D eigenvalue weighted by molar-refractivity contribution is 9.10. The Morgan fingerprint density at radius 1 is 1.38 bits per heavy atom. The first-order chi connectivity index (χ1) is 7.29. The Bertz CT molecular complexity index is 431. The number of Topliss-reactive ketones (excluding diaryl/α,β-unsaturated/α-hetero) is 1. The highest BCUT2D eigenvalue weighted by Gasteiger charge is 2.38. The molecule has 0 unspecified atom stereocenters. The van der Waals surface area contributed by atoms with Crippen LogP contribution in [0.5, 0.6) is 0 Å². The smallest absolute Gasteiger partial charge is 0.293 e. The molecule has 1 nitrogen and oxygen atoms in total. The Hall–Kier alpha value is -0.0700. The Labute approximate surface area is 111 Å². The second-order valence-corrected chi connectivity index (χ2v) is 4.63. The molecule has 1 rings (SSSR count). The summed E-state index contributed by atoms with van der Waals surface area (Å²) in [6, 6.07) is 2.41. The minimum atomic E-state index is -4.66. The maximum absolute atomic E-state index is 12.7. The third-order valence-electron chi connectivity index (χ3n) is 1.80. The monoisotopic (exact) mass is 378 g/mol. The lowest BCUT2D eigenvalue weighted by atomic mass is 10.0. The van der Waals surface area contributed by atoms with Crippen molar-refractivity contribution in [1.82, 2.24) is 0 Å². The van der Waals surface area contributed by atoms with E-state index in [9.17, 15) is 18.0 Å². The van der Waals surface area contributed by atoms with Crippen LogP contribution in [0.3, 0.4) is 0 Å². The third-order valence-corrected chi connectivity index (χ3v) is 3.59. The molecular formula is C9H4Br2ClF3O. The van der Waals surface area contributed by atoms with Crippen LogP contribution in [-0.2, 0) is 6.18 Å². The van der Waals surface area contributed by atoms with E-state index in [-0.39, 0.29) is 9.80 Å². The van der Waals surface area contributed by atoms with Crippen molar-refractivity contribution in [3.63, 3.8) is 0 Å². The van der Waals surface area contributed by atoms with Gasteiger partial charge in [0.15, 0.2) is 5.78 Å². The molecule has 0 saturated carbocycles.